The van der Waals surface area contributed by atoms with E-state index < -0.39 is 27.1 Å². The lowest BCUT2D eigenvalue weighted by molar-refractivity contribution is -0.386. The molecule has 2 aromatic carbocycles. The van der Waals surface area contributed by atoms with Crippen LogP contribution >= 0.6 is 0 Å². The van der Waals surface area contributed by atoms with E-state index in [1.807, 2.05) is 0 Å². The number of nitro benzene ring substituents is 2. The zero-order chi connectivity index (χ0) is 18.6. The molecule has 25 heavy (non-hydrogen) atoms. The van der Waals surface area contributed by atoms with Gasteiger partial charge in [0.2, 0.25) is 5.75 Å². The number of rotatable bonds is 6. The third-order valence-corrected chi connectivity index (χ3v) is 3.28. The summed E-state index contributed by atoms with van der Waals surface area (Å²) in [5.41, 5.74) is -0.195. The number of ketones is 1. The van der Waals surface area contributed by atoms with Gasteiger partial charge in [-0.2, -0.15) is 0 Å². The van der Waals surface area contributed by atoms with E-state index in [4.69, 9.17) is 4.74 Å². The number of non-ortho nitro benzene ring substituents is 1. The maximum Gasteiger partial charge on any atom is 0.315 e. The summed E-state index contributed by atoms with van der Waals surface area (Å²) in [5, 5.41) is 31.2. The van der Waals surface area contributed by atoms with E-state index in [0.717, 1.165) is 12.1 Å². The summed E-state index contributed by atoms with van der Waals surface area (Å²) in [6, 6.07) is 7.46. The minimum absolute atomic E-state index is 0.100. The summed E-state index contributed by atoms with van der Waals surface area (Å²) in [6.07, 6.45) is 2.48. The molecule has 9 heteroatoms. The lowest BCUT2D eigenvalue weighted by Crippen LogP contribution is -1.96. The van der Waals surface area contributed by atoms with E-state index in [2.05, 4.69) is 0 Å². The first-order chi connectivity index (χ1) is 11.8. The molecule has 0 saturated heterocycles. The lowest BCUT2D eigenvalue weighted by Gasteiger charge is -2.05. The summed E-state index contributed by atoms with van der Waals surface area (Å²) in [4.78, 5) is 32.2. The molecule has 0 amide bonds. The van der Waals surface area contributed by atoms with Crippen molar-refractivity contribution in [2.75, 3.05) is 7.11 Å². The number of benzene rings is 2. The predicted octanol–water partition coefficient (Wildman–Crippen LogP) is 3.11. The molecule has 0 heterocycles. The van der Waals surface area contributed by atoms with Gasteiger partial charge in [0.25, 0.3) is 5.69 Å². The molecule has 0 bridgehead atoms. The summed E-state index contributed by atoms with van der Waals surface area (Å²) in [6.45, 7) is 0. The van der Waals surface area contributed by atoms with Gasteiger partial charge in [-0.1, -0.05) is 6.08 Å². The van der Waals surface area contributed by atoms with Crippen LogP contribution in [0.15, 0.2) is 42.5 Å². The van der Waals surface area contributed by atoms with Crippen LogP contribution in [0.2, 0.25) is 0 Å². The monoisotopic (exact) mass is 344 g/mol. The Balaban J connectivity index is 2.29. The van der Waals surface area contributed by atoms with Crippen LogP contribution in [-0.2, 0) is 0 Å². The lowest BCUT2D eigenvalue weighted by atomic mass is 10.1. The first-order valence-corrected chi connectivity index (χ1v) is 6.85. The van der Waals surface area contributed by atoms with E-state index in [9.17, 15) is 30.1 Å². The van der Waals surface area contributed by atoms with Gasteiger partial charge in [0.15, 0.2) is 11.5 Å². The normalized spacial score (nSPS) is 10.6. The largest absolute Gasteiger partial charge is 0.500 e. The van der Waals surface area contributed by atoms with Gasteiger partial charge in [0.1, 0.15) is 0 Å². The Kier molecular flexibility index (Phi) is 5.08. The number of hydrogen-bond acceptors (Lipinski definition) is 7. The third kappa shape index (κ3) is 3.96. The molecular formula is C16H12N2O7. The highest BCUT2D eigenvalue weighted by atomic mass is 16.6. The summed E-state index contributed by atoms with van der Waals surface area (Å²) in [7, 11) is 1.24. The topological polar surface area (TPSA) is 133 Å². The van der Waals surface area contributed by atoms with Crippen molar-refractivity contribution in [1.82, 2.24) is 0 Å². The highest BCUT2D eigenvalue weighted by molar-refractivity contribution is 6.07. The number of phenols is 1. The Bertz CT molecular complexity index is 873. The minimum Gasteiger partial charge on any atom is -0.500 e. The molecule has 0 aromatic heterocycles. The Morgan fingerprint density at radius 2 is 1.76 bits per heavy atom. The summed E-state index contributed by atoms with van der Waals surface area (Å²) >= 11 is 0. The Hall–Kier alpha value is -3.75. The van der Waals surface area contributed by atoms with Gasteiger partial charge in [-0.15, -0.1) is 0 Å². The van der Waals surface area contributed by atoms with E-state index >= 15 is 0 Å². The molecule has 0 radical (unpaired) electrons. The smallest absolute Gasteiger partial charge is 0.315 e. The Morgan fingerprint density at radius 3 is 2.28 bits per heavy atom. The fraction of sp³-hybridized carbons (Fsp3) is 0.0625. The van der Waals surface area contributed by atoms with Gasteiger partial charge in [-0.25, -0.2) is 0 Å². The average molecular weight is 344 g/mol. The van der Waals surface area contributed by atoms with E-state index in [1.165, 1.54) is 43.5 Å². The number of carbonyl (C=O) groups is 1. The van der Waals surface area contributed by atoms with E-state index in [0.29, 0.717) is 0 Å². The van der Waals surface area contributed by atoms with Gasteiger partial charge in [-0.3, -0.25) is 25.0 Å². The minimum atomic E-state index is -0.770. The van der Waals surface area contributed by atoms with Crippen molar-refractivity contribution in [3.05, 3.63) is 73.8 Å². The number of nitrogens with zero attached hydrogens (tertiary/aromatic N) is 2. The van der Waals surface area contributed by atoms with Gasteiger partial charge < -0.3 is 9.84 Å². The summed E-state index contributed by atoms with van der Waals surface area (Å²) in [5.74, 6) is -1.15. The second-order valence-electron chi connectivity index (χ2n) is 4.85. The molecule has 2 rings (SSSR count). The van der Waals surface area contributed by atoms with Crippen molar-refractivity contribution < 1.29 is 24.5 Å². The molecular weight excluding hydrogens is 332 g/mol. The quantitative estimate of drug-likeness (QED) is 0.368. The van der Waals surface area contributed by atoms with Crippen LogP contribution in [0, 0.1) is 20.2 Å². The van der Waals surface area contributed by atoms with Crippen LogP contribution in [-0.4, -0.2) is 27.8 Å². The van der Waals surface area contributed by atoms with Gasteiger partial charge >= 0.3 is 5.69 Å². The molecule has 0 aliphatic rings. The number of phenolic OH excluding ortho intramolecular Hbond substituents is 1. The number of methoxy groups -OCH3 is 1. The number of allylic oxidation sites excluding steroid dienone is 1. The highest BCUT2D eigenvalue weighted by Gasteiger charge is 2.19. The molecule has 0 saturated carbocycles. The number of ether oxygens (including phenoxy) is 1. The van der Waals surface area contributed by atoms with Crippen LogP contribution in [0.1, 0.15) is 15.9 Å². The standard InChI is InChI=1S/C16H12N2O7/c1-25-15-9-10(8-13(16(15)20)18(23)24)2-7-14(19)11-3-5-12(6-4-11)17(21)22/h2-9,20H,1H3/b7-2+. The second kappa shape index (κ2) is 7.21. The van der Waals surface area contributed by atoms with E-state index in [1.54, 1.807) is 0 Å². The molecule has 1 N–H and O–H groups in total. The third-order valence-electron chi connectivity index (χ3n) is 3.28. The van der Waals surface area contributed by atoms with Gasteiger partial charge in [0.05, 0.1) is 17.0 Å². The van der Waals surface area contributed by atoms with Crippen molar-refractivity contribution in [2.24, 2.45) is 0 Å². The molecule has 0 spiro atoms. The maximum absolute atomic E-state index is 12.1. The number of aromatic hydroxyl groups is 1. The van der Waals surface area contributed by atoms with Crippen LogP contribution in [0.5, 0.6) is 11.5 Å². The maximum atomic E-state index is 12.1. The predicted molar refractivity (Wildman–Crippen MR) is 87.8 cm³/mol. The zero-order valence-electron chi connectivity index (χ0n) is 12.9. The fourth-order valence-electron chi connectivity index (χ4n) is 2.02. The zero-order valence-corrected chi connectivity index (χ0v) is 12.9. The average Bonchev–Trinajstić information content (AvgIpc) is 2.60. The van der Waals surface area contributed by atoms with Crippen LogP contribution in [0.3, 0.4) is 0 Å². The molecule has 2 aromatic rings. The SMILES string of the molecule is COc1cc(/C=C/C(=O)c2ccc([N+](=O)[O-])cc2)cc([N+](=O)[O-])c1O. The first-order valence-electron chi connectivity index (χ1n) is 6.85. The van der Waals surface area contributed by atoms with Crippen LogP contribution in [0.25, 0.3) is 6.08 Å². The van der Waals surface area contributed by atoms with Crippen molar-refractivity contribution in [1.29, 1.82) is 0 Å². The Morgan fingerprint density at radius 1 is 1.12 bits per heavy atom. The van der Waals surface area contributed by atoms with Gasteiger partial charge in [-0.05, 0) is 29.8 Å². The van der Waals surface area contributed by atoms with Gasteiger partial charge in [0, 0.05) is 23.8 Å². The molecule has 128 valence electrons. The first kappa shape index (κ1) is 17.6. The molecule has 0 aliphatic heterocycles. The van der Waals surface area contributed by atoms with Crippen LogP contribution < -0.4 is 4.74 Å². The number of carbonyl (C=O) groups excluding carboxylic acids is 1. The Labute approximate surface area is 141 Å². The summed E-state index contributed by atoms with van der Waals surface area (Å²) < 4.78 is 4.87. The van der Waals surface area contributed by atoms with Crippen molar-refractivity contribution in [3.63, 3.8) is 0 Å². The van der Waals surface area contributed by atoms with Crippen molar-refractivity contribution in [3.8, 4) is 11.5 Å². The molecule has 0 fully saturated rings. The highest BCUT2D eigenvalue weighted by Crippen LogP contribution is 2.37. The molecule has 0 aliphatic carbocycles. The van der Waals surface area contributed by atoms with Crippen molar-refractivity contribution >= 4 is 23.2 Å². The molecule has 0 unspecified atom stereocenters. The van der Waals surface area contributed by atoms with E-state index in [-0.39, 0.29) is 22.6 Å². The number of hydrogen-bond donors (Lipinski definition) is 1. The van der Waals surface area contributed by atoms with Crippen LogP contribution in [0.4, 0.5) is 11.4 Å². The second-order valence-corrected chi connectivity index (χ2v) is 4.85. The number of nitro groups is 2. The van der Waals surface area contributed by atoms with Crippen molar-refractivity contribution in [2.45, 2.75) is 0 Å². The molecule has 0 atom stereocenters. The fourth-order valence-corrected chi connectivity index (χ4v) is 2.02. The molecule has 9 nitrogen and oxygen atoms in total.